The van der Waals surface area contributed by atoms with E-state index < -0.39 is 0 Å². The zero-order valence-corrected chi connectivity index (χ0v) is 12.8. The lowest BCUT2D eigenvalue weighted by molar-refractivity contribution is 0.285. The van der Waals surface area contributed by atoms with Crippen molar-refractivity contribution in [3.05, 3.63) is 36.4 Å². The zero-order valence-electron chi connectivity index (χ0n) is 12.8. The smallest absolute Gasteiger partial charge is 0.161 e. The van der Waals surface area contributed by atoms with Gasteiger partial charge in [0.2, 0.25) is 0 Å². The predicted octanol–water partition coefficient (Wildman–Crippen LogP) is 3.93. The zero-order chi connectivity index (χ0) is 14.6. The second-order valence-electron chi connectivity index (χ2n) is 4.81. The molecule has 20 heavy (non-hydrogen) atoms. The van der Waals surface area contributed by atoms with Crippen LogP contribution in [0.3, 0.4) is 0 Å². The highest BCUT2D eigenvalue weighted by Crippen LogP contribution is 2.28. The standard InChI is InChI=1S/C17H27NO2/c1-4-6-7-8-12-20-16-10-9-15(13-17(16)19-3)14-18-11-5-2/h5,9-10,13,18H,2,4,6-8,11-12,14H2,1,3H3. The van der Waals surface area contributed by atoms with E-state index in [0.717, 1.165) is 37.6 Å². The molecular formula is C17H27NO2. The molecule has 0 aliphatic heterocycles. The van der Waals surface area contributed by atoms with Crippen LogP contribution < -0.4 is 14.8 Å². The molecule has 3 heteroatoms. The first-order chi connectivity index (χ1) is 9.81. The maximum atomic E-state index is 5.79. The minimum Gasteiger partial charge on any atom is -0.493 e. The van der Waals surface area contributed by atoms with Gasteiger partial charge in [-0.05, 0) is 24.1 Å². The van der Waals surface area contributed by atoms with Gasteiger partial charge in [0, 0.05) is 13.1 Å². The van der Waals surface area contributed by atoms with Crippen LogP contribution in [-0.2, 0) is 6.54 Å². The first kappa shape index (κ1) is 16.6. The van der Waals surface area contributed by atoms with E-state index in [1.807, 2.05) is 18.2 Å². The van der Waals surface area contributed by atoms with Crippen molar-refractivity contribution in [1.82, 2.24) is 5.32 Å². The second-order valence-corrected chi connectivity index (χ2v) is 4.81. The fourth-order valence-electron chi connectivity index (χ4n) is 1.97. The van der Waals surface area contributed by atoms with Crippen molar-refractivity contribution in [2.75, 3.05) is 20.3 Å². The predicted molar refractivity (Wildman–Crippen MR) is 84.5 cm³/mol. The molecule has 0 saturated heterocycles. The molecule has 1 aromatic carbocycles. The number of methoxy groups -OCH3 is 1. The van der Waals surface area contributed by atoms with E-state index in [1.54, 1.807) is 7.11 Å². The Labute approximate surface area is 123 Å². The van der Waals surface area contributed by atoms with Gasteiger partial charge in [-0.15, -0.1) is 6.58 Å². The summed E-state index contributed by atoms with van der Waals surface area (Å²) in [5.41, 5.74) is 1.18. The Morgan fingerprint density at radius 3 is 2.75 bits per heavy atom. The number of benzene rings is 1. The molecule has 0 aliphatic carbocycles. The van der Waals surface area contributed by atoms with Crippen molar-refractivity contribution >= 4 is 0 Å². The highest BCUT2D eigenvalue weighted by atomic mass is 16.5. The van der Waals surface area contributed by atoms with Crippen LogP contribution in [0.4, 0.5) is 0 Å². The highest BCUT2D eigenvalue weighted by molar-refractivity contribution is 5.42. The minimum atomic E-state index is 0.754. The van der Waals surface area contributed by atoms with Crippen molar-refractivity contribution < 1.29 is 9.47 Å². The van der Waals surface area contributed by atoms with Gasteiger partial charge in [0.25, 0.3) is 0 Å². The van der Waals surface area contributed by atoms with Crippen LogP contribution in [-0.4, -0.2) is 20.3 Å². The SMILES string of the molecule is C=CCNCc1ccc(OCCCCCC)c(OC)c1. The first-order valence-corrected chi connectivity index (χ1v) is 7.43. The van der Waals surface area contributed by atoms with Gasteiger partial charge in [0.05, 0.1) is 13.7 Å². The van der Waals surface area contributed by atoms with E-state index in [-0.39, 0.29) is 0 Å². The lowest BCUT2D eigenvalue weighted by Gasteiger charge is -2.12. The topological polar surface area (TPSA) is 30.5 Å². The van der Waals surface area contributed by atoms with Gasteiger partial charge in [-0.1, -0.05) is 38.3 Å². The Morgan fingerprint density at radius 2 is 2.05 bits per heavy atom. The summed E-state index contributed by atoms with van der Waals surface area (Å²) in [6.07, 6.45) is 6.69. The van der Waals surface area contributed by atoms with E-state index in [9.17, 15) is 0 Å². The summed E-state index contributed by atoms with van der Waals surface area (Å²) < 4.78 is 11.2. The van der Waals surface area contributed by atoms with Gasteiger partial charge >= 0.3 is 0 Å². The van der Waals surface area contributed by atoms with Crippen molar-refractivity contribution in [2.45, 2.75) is 39.2 Å². The molecule has 0 heterocycles. The van der Waals surface area contributed by atoms with Gasteiger partial charge in [-0.25, -0.2) is 0 Å². The first-order valence-electron chi connectivity index (χ1n) is 7.43. The van der Waals surface area contributed by atoms with E-state index in [0.29, 0.717) is 0 Å². The third-order valence-corrected chi connectivity index (χ3v) is 3.10. The summed E-state index contributed by atoms with van der Waals surface area (Å²) in [4.78, 5) is 0. The maximum Gasteiger partial charge on any atom is 0.161 e. The molecule has 0 aromatic heterocycles. The number of hydrogen-bond acceptors (Lipinski definition) is 3. The van der Waals surface area contributed by atoms with Crippen LogP contribution in [0.15, 0.2) is 30.9 Å². The van der Waals surface area contributed by atoms with Gasteiger partial charge in [0.15, 0.2) is 11.5 Å². The number of hydrogen-bond donors (Lipinski definition) is 1. The summed E-state index contributed by atoms with van der Waals surface area (Å²) in [6.45, 7) is 8.26. The molecule has 0 aliphatic rings. The molecule has 0 saturated carbocycles. The van der Waals surface area contributed by atoms with Crippen LogP contribution in [0.2, 0.25) is 0 Å². The molecule has 1 N–H and O–H groups in total. The van der Waals surface area contributed by atoms with Crippen LogP contribution >= 0.6 is 0 Å². The largest absolute Gasteiger partial charge is 0.493 e. The Bertz CT molecular complexity index is 391. The van der Waals surface area contributed by atoms with Crippen LogP contribution in [0.1, 0.15) is 38.2 Å². The molecule has 112 valence electrons. The Hall–Kier alpha value is -1.48. The van der Waals surface area contributed by atoms with Crippen LogP contribution in [0.5, 0.6) is 11.5 Å². The minimum absolute atomic E-state index is 0.754. The molecule has 0 bridgehead atoms. The number of rotatable bonds is 11. The van der Waals surface area contributed by atoms with E-state index in [2.05, 4.69) is 24.9 Å². The molecule has 0 atom stereocenters. The lowest BCUT2D eigenvalue weighted by atomic mass is 10.2. The summed E-state index contributed by atoms with van der Waals surface area (Å²) >= 11 is 0. The van der Waals surface area contributed by atoms with Crippen molar-refractivity contribution in [1.29, 1.82) is 0 Å². The molecule has 0 fully saturated rings. The van der Waals surface area contributed by atoms with E-state index >= 15 is 0 Å². The maximum absolute atomic E-state index is 5.79. The van der Waals surface area contributed by atoms with Crippen molar-refractivity contribution in [3.63, 3.8) is 0 Å². The summed E-state index contributed by atoms with van der Waals surface area (Å²) in [6, 6.07) is 6.08. The molecule has 3 nitrogen and oxygen atoms in total. The summed E-state index contributed by atoms with van der Waals surface area (Å²) in [5, 5.41) is 3.27. The fraction of sp³-hybridized carbons (Fsp3) is 0.529. The molecule has 0 spiro atoms. The molecular weight excluding hydrogens is 250 g/mol. The van der Waals surface area contributed by atoms with Gasteiger partial charge in [0.1, 0.15) is 0 Å². The summed E-state index contributed by atoms with van der Waals surface area (Å²) in [7, 11) is 1.68. The number of ether oxygens (including phenoxy) is 2. The van der Waals surface area contributed by atoms with Gasteiger partial charge in [-0.2, -0.15) is 0 Å². The lowest BCUT2D eigenvalue weighted by Crippen LogP contribution is -2.12. The number of nitrogens with one attached hydrogen (secondary N) is 1. The third-order valence-electron chi connectivity index (χ3n) is 3.10. The molecule has 1 aromatic rings. The van der Waals surface area contributed by atoms with Gasteiger partial charge in [-0.3, -0.25) is 0 Å². The Balaban J connectivity index is 2.47. The fourth-order valence-corrected chi connectivity index (χ4v) is 1.97. The monoisotopic (exact) mass is 277 g/mol. The van der Waals surface area contributed by atoms with E-state index in [1.165, 1.54) is 24.8 Å². The van der Waals surface area contributed by atoms with Crippen molar-refractivity contribution in [3.8, 4) is 11.5 Å². The quantitative estimate of drug-likeness (QED) is 0.491. The van der Waals surface area contributed by atoms with Crippen molar-refractivity contribution in [2.24, 2.45) is 0 Å². The van der Waals surface area contributed by atoms with E-state index in [4.69, 9.17) is 9.47 Å². The summed E-state index contributed by atoms with van der Waals surface area (Å²) in [5.74, 6) is 1.63. The second kappa shape index (κ2) is 10.3. The van der Waals surface area contributed by atoms with Crippen LogP contribution in [0.25, 0.3) is 0 Å². The molecule has 0 radical (unpaired) electrons. The Kier molecular flexibility index (Phi) is 8.56. The molecule has 0 amide bonds. The number of unbranched alkanes of at least 4 members (excludes halogenated alkanes) is 3. The van der Waals surface area contributed by atoms with Crippen LogP contribution in [0, 0.1) is 0 Å². The normalized spacial score (nSPS) is 10.3. The highest BCUT2D eigenvalue weighted by Gasteiger charge is 2.05. The Morgan fingerprint density at radius 1 is 1.20 bits per heavy atom. The molecule has 1 rings (SSSR count). The third kappa shape index (κ3) is 6.11. The molecule has 0 unspecified atom stereocenters. The average Bonchev–Trinajstić information content (AvgIpc) is 2.48. The van der Waals surface area contributed by atoms with Gasteiger partial charge < -0.3 is 14.8 Å². The average molecular weight is 277 g/mol.